The Kier molecular flexibility index (Phi) is 6.15. The average molecular weight is 314 g/mol. The first-order valence-corrected chi connectivity index (χ1v) is 7.70. The van der Waals surface area contributed by atoms with Gasteiger partial charge in [-0.3, -0.25) is 9.69 Å². The lowest BCUT2D eigenvalue weighted by molar-refractivity contribution is -0.112. The van der Waals surface area contributed by atoms with Gasteiger partial charge in [-0.2, -0.15) is 5.26 Å². The van der Waals surface area contributed by atoms with Crippen LogP contribution in [0.1, 0.15) is 5.56 Å². The van der Waals surface area contributed by atoms with Crippen molar-refractivity contribution in [2.45, 2.75) is 6.92 Å². The number of amides is 1. The van der Waals surface area contributed by atoms with Crippen molar-refractivity contribution in [1.82, 2.24) is 9.80 Å². The molecule has 0 saturated carbocycles. The first-order chi connectivity index (χ1) is 11.1. The van der Waals surface area contributed by atoms with Crippen LogP contribution in [0.4, 0.5) is 5.69 Å². The van der Waals surface area contributed by atoms with Gasteiger partial charge in [-0.05, 0) is 18.6 Å². The van der Waals surface area contributed by atoms with Crippen LogP contribution in [0.3, 0.4) is 0 Å². The number of carbonyl (C=O) groups excluding carboxylic acids is 1. The SMILES string of the molecule is Cc1ccccc1NC(=O)/C(C#N)=C\N1CCN(CCO)CC1. The summed E-state index contributed by atoms with van der Waals surface area (Å²) in [5.41, 5.74) is 1.77. The van der Waals surface area contributed by atoms with Gasteiger partial charge in [0.05, 0.1) is 6.61 Å². The van der Waals surface area contributed by atoms with Crippen LogP contribution in [0.5, 0.6) is 0 Å². The lowest BCUT2D eigenvalue weighted by Crippen LogP contribution is -2.45. The van der Waals surface area contributed by atoms with E-state index in [2.05, 4.69) is 10.2 Å². The van der Waals surface area contributed by atoms with Gasteiger partial charge in [0.2, 0.25) is 0 Å². The van der Waals surface area contributed by atoms with Crippen LogP contribution in [-0.2, 0) is 4.79 Å². The third-order valence-corrected chi connectivity index (χ3v) is 3.89. The molecular formula is C17H22N4O2. The Balaban J connectivity index is 1.98. The normalized spacial score (nSPS) is 16.0. The lowest BCUT2D eigenvalue weighted by atomic mass is 10.2. The topological polar surface area (TPSA) is 79.6 Å². The number of nitrogens with zero attached hydrogens (tertiary/aromatic N) is 3. The van der Waals surface area contributed by atoms with Crippen LogP contribution < -0.4 is 5.32 Å². The molecule has 1 heterocycles. The van der Waals surface area contributed by atoms with E-state index in [4.69, 9.17) is 5.11 Å². The maximum atomic E-state index is 12.3. The molecule has 1 aromatic carbocycles. The van der Waals surface area contributed by atoms with Crippen LogP contribution in [0.2, 0.25) is 0 Å². The highest BCUT2D eigenvalue weighted by molar-refractivity contribution is 6.06. The van der Waals surface area contributed by atoms with Gasteiger partial charge >= 0.3 is 0 Å². The Morgan fingerprint density at radius 1 is 1.35 bits per heavy atom. The molecular weight excluding hydrogens is 292 g/mol. The standard InChI is InChI=1S/C17H22N4O2/c1-14-4-2-3-5-16(14)19-17(23)15(12-18)13-21-8-6-20(7-9-21)10-11-22/h2-5,13,22H,6-11H2,1H3,(H,19,23)/b15-13-. The van der Waals surface area contributed by atoms with Crippen molar-refractivity contribution in [3.8, 4) is 6.07 Å². The third-order valence-electron chi connectivity index (χ3n) is 3.89. The minimum atomic E-state index is -0.389. The molecule has 0 spiro atoms. The number of carbonyl (C=O) groups is 1. The van der Waals surface area contributed by atoms with Crippen molar-refractivity contribution >= 4 is 11.6 Å². The van der Waals surface area contributed by atoms with E-state index in [1.54, 1.807) is 6.20 Å². The van der Waals surface area contributed by atoms with Gasteiger partial charge in [-0.25, -0.2) is 0 Å². The number of hydrogen-bond acceptors (Lipinski definition) is 5. The maximum absolute atomic E-state index is 12.3. The lowest BCUT2D eigenvalue weighted by Gasteiger charge is -2.33. The molecule has 0 aliphatic carbocycles. The monoisotopic (exact) mass is 314 g/mol. The zero-order valence-electron chi connectivity index (χ0n) is 13.3. The van der Waals surface area contributed by atoms with Crippen LogP contribution in [0, 0.1) is 18.3 Å². The summed E-state index contributed by atoms with van der Waals surface area (Å²) < 4.78 is 0. The summed E-state index contributed by atoms with van der Waals surface area (Å²) in [5.74, 6) is -0.389. The minimum absolute atomic E-state index is 0.101. The molecule has 1 saturated heterocycles. The first-order valence-electron chi connectivity index (χ1n) is 7.70. The number of aliphatic hydroxyl groups is 1. The summed E-state index contributed by atoms with van der Waals surface area (Å²) in [7, 11) is 0. The van der Waals surface area contributed by atoms with E-state index < -0.39 is 0 Å². The van der Waals surface area contributed by atoms with E-state index in [0.717, 1.165) is 31.7 Å². The second-order valence-electron chi connectivity index (χ2n) is 5.52. The van der Waals surface area contributed by atoms with E-state index in [1.165, 1.54) is 0 Å². The van der Waals surface area contributed by atoms with Crippen molar-refractivity contribution in [3.63, 3.8) is 0 Å². The fraction of sp³-hybridized carbons (Fsp3) is 0.412. The fourth-order valence-corrected chi connectivity index (χ4v) is 2.48. The fourth-order valence-electron chi connectivity index (χ4n) is 2.48. The number of rotatable bonds is 5. The third kappa shape index (κ3) is 4.81. The van der Waals surface area contributed by atoms with Crippen molar-refractivity contribution in [3.05, 3.63) is 41.6 Å². The van der Waals surface area contributed by atoms with E-state index in [-0.39, 0.29) is 18.1 Å². The molecule has 1 amide bonds. The number of benzene rings is 1. The molecule has 1 aliphatic heterocycles. The second-order valence-corrected chi connectivity index (χ2v) is 5.52. The highest BCUT2D eigenvalue weighted by Gasteiger charge is 2.17. The van der Waals surface area contributed by atoms with Gasteiger partial charge < -0.3 is 15.3 Å². The number of nitrogens with one attached hydrogen (secondary N) is 1. The number of nitriles is 1. The van der Waals surface area contributed by atoms with Crippen LogP contribution in [-0.4, -0.2) is 60.1 Å². The summed E-state index contributed by atoms with van der Waals surface area (Å²) in [6.07, 6.45) is 1.63. The summed E-state index contributed by atoms with van der Waals surface area (Å²) in [4.78, 5) is 16.4. The van der Waals surface area contributed by atoms with Gasteiger partial charge in [0.15, 0.2) is 0 Å². The quantitative estimate of drug-likeness (QED) is 0.625. The molecule has 2 N–H and O–H groups in total. The summed E-state index contributed by atoms with van der Waals surface area (Å²) in [6.45, 7) is 5.83. The predicted molar refractivity (Wildman–Crippen MR) is 88.6 cm³/mol. The molecule has 1 aromatic rings. The molecule has 6 heteroatoms. The maximum Gasteiger partial charge on any atom is 0.267 e. The minimum Gasteiger partial charge on any atom is -0.395 e. The molecule has 6 nitrogen and oxygen atoms in total. The number of β-amino-alcohol motifs (C(OH)–C–C–N with tert-alkyl or cyclic N) is 1. The predicted octanol–water partition coefficient (Wildman–Crippen LogP) is 0.951. The number of aryl methyl sites for hydroxylation is 1. The Hall–Kier alpha value is -2.36. The van der Waals surface area contributed by atoms with Crippen molar-refractivity contribution < 1.29 is 9.90 Å². The molecule has 2 rings (SSSR count). The molecule has 122 valence electrons. The van der Waals surface area contributed by atoms with Crippen molar-refractivity contribution in [1.29, 1.82) is 5.26 Å². The van der Waals surface area contributed by atoms with Gasteiger partial charge in [0.25, 0.3) is 5.91 Å². The molecule has 1 fully saturated rings. The Bertz CT molecular complexity index is 613. The number of anilines is 1. The van der Waals surface area contributed by atoms with Crippen molar-refractivity contribution in [2.24, 2.45) is 0 Å². The highest BCUT2D eigenvalue weighted by atomic mass is 16.3. The molecule has 0 unspecified atom stereocenters. The molecule has 0 atom stereocenters. The van der Waals surface area contributed by atoms with E-state index in [0.29, 0.717) is 12.2 Å². The van der Waals surface area contributed by atoms with Gasteiger partial charge in [0, 0.05) is 44.6 Å². The Morgan fingerprint density at radius 3 is 2.65 bits per heavy atom. The Labute approximate surface area is 136 Å². The number of aliphatic hydroxyl groups excluding tert-OH is 1. The van der Waals surface area contributed by atoms with E-state index in [9.17, 15) is 10.1 Å². The second kappa shape index (κ2) is 8.32. The smallest absolute Gasteiger partial charge is 0.267 e. The van der Waals surface area contributed by atoms with Gasteiger partial charge in [-0.1, -0.05) is 18.2 Å². The molecule has 23 heavy (non-hydrogen) atoms. The molecule has 1 aliphatic rings. The molecule has 0 radical (unpaired) electrons. The summed E-state index contributed by atoms with van der Waals surface area (Å²) in [5, 5.41) is 21.0. The first kappa shape index (κ1) is 17.0. The summed E-state index contributed by atoms with van der Waals surface area (Å²) in [6, 6.07) is 9.45. The number of para-hydroxylation sites is 1. The van der Waals surface area contributed by atoms with E-state index >= 15 is 0 Å². The van der Waals surface area contributed by atoms with Gasteiger partial charge in [0.1, 0.15) is 11.6 Å². The zero-order chi connectivity index (χ0) is 16.7. The molecule has 0 aromatic heterocycles. The average Bonchev–Trinajstić information content (AvgIpc) is 2.56. The van der Waals surface area contributed by atoms with Crippen molar-refractivity contribution in [2.75, 3.05) is 44.6 Å². The van der Waals surface area contributed by atoms with Gasteiger partial charge in [-0.15, -0.1) is 0 Å². The largest absolute Gasteiger partial charge is 0.395 e. The molecule has 0 bridgehead atoms. The summed E-state index contributed by atoms with van der Waals surface area (Å²) >= 11 is 0. The number of hydrogen-bond donors (Lipinski definition) is 2. The Morgan fingerprint density at radius 2 is 2.04 bits per heavy atom. The highest BCUT2D eigenvalue weighted by Crippen LogP contribution is 2.14. The van der Waals surface area contributed by atoms with Crippen LogP contribution >= 0.6 is 0 Å². The zero-order valence-corrected chi connectivity index (χ0v) is 13.3. The van der Waals surface area contributed by atoms with E-state index in [1.807, 2.05) is 42.2 Å². The van der Waals surface area contributed by atoms with Crippen LogP contribution in [0.25, 0.3) is 0 Å². The van der Waals surface area contributed by atoms with Crippen LogP contribution in [0.15, 0.2) is 36.0 Å². The number of piperazine rings is 1.